The van der Waals surface area contributed by atoms with Crippen molar-refractivity contribution in [1.82, 2.24) is 5.06 Å². The van der Waals surface area contributed by atoms with E-state index in [1.54, 1.807) is 0 Å². The minimum atomic E-state index is -0.655. The van der Waals surface area contributed by atoms with Crippen molar-refractivity contribution in [3.8, 4) is 0 Å². The van der Waals surface area contributed by atoms with Gasteiger partial charge < -0.3 is 9.84 Å². The molecule has 144 valence electrons. The lowest BCUT2D eigenvalue weighted by Crippen LogP contribution is -2.62. The van der Waals surface area contributed by atoms with Crippen LogP contribution in [0.1, 0.15) is 99.3 Å². The Morgan fingerprint density at radius 3 is 2.04 bits per heavy atom. The molecule has 0 aromatic carbocycles. The van der Waals surface area contributed by atoms with Crippen molar-refractivity contribution < 1.29 is 14.7 Å². The lowest BCUT2D eigenvalue weighted by molar-refractivity contribution is -0.303. The summed E-state index contributed by atoms with van der Waals surface area (Å²) in [5.41, 5.74) is -0.190. The van der Waals surface area contributed by atoms with Crippen molar-refractivity contribution in [3.05, 3.63) is 0 Å². The smallest absolute Gasteiger partial charge is 0.154 e. The lowest BCUT2D eigenvalue weighted by atomic mass is 9.80. The van der Waals surface area contributed by atoms with Gasteiger partial charge in [-0.2, -0.15) is 5.06 Å². The summed E-state index contributed by atoms with van der Waals surface area (Å²) in [5, 5.41) is 12.0. The van der Waals surface area contributed by atoms with E-state index in [1.165, 1.54) is 32.1 Å². The van der Waals surface area contributed by atoms with Gasteiger partial charge in [0.2, 0.25) is 0 Å². The average molecular weight is 344 g/mol. The summed E-state index contributed by atoms with van der Waals surface area (Å²) in [4.78, 5) is 6.21. The van der Waals surface area contributed by atoms with Crippen LogP contribution < -0.4 is 0 Å². The Balaban J connectivity index is 2.46. The predicted molar refractivity (Wildman–Crippen MR) is 99.7 cm³/mol. The number of hydrogen-bond donors (Lipinski definition) is 1. The van der Waals surface area contributed by atoms with Crippen LogP contribution in [0, 0.1) is 0 Å². The number of rotatable bonds is 11. The molecule has 1 rings (SSSR count). The van der Waals surface area contributed by atoms with Crippen LogP contribution >= 0.6 is 0 Å². The third-order valence-corrected chi connectivity index (χ3v) is 4.97. The zero-order valence-corrected chi connectivity index (χ0v) is 16.9. The van der Waals surface area contributed by atoms with Crippen molar-refractivity contribution in [1.29, 1.82) is 0 Å². The summed E-state index contributed by atoms with van der Waals surface area (Å²) < 4.78 is 5.81. The van der Waals surface area contributed by atoms with E-state index in [9.17, 15) is 5.11 Å². The molecule has 0 aromatic rings. The standard InChI is InChI=1S/C20H41NO3/c1-7-9-10-11-12-13-14-23-21-19(3,4)15-17(16-20(21,5)6)24-18(22)8-2/h17-18,22H,7-16H2,1-6H3. The SMILES string of the molecule is CCCCCCCCON1C(C)(C)CC(OC(O)CC)CC1(C)C. The van der Waals surface area contributed by atoms with Crippen molar-refractivity contribution in [2.24, 2.45) is 0 Å². The Hall–Kier alpha value is -0.160. The van der Waals surface area contributed by atoms with Gasteiger partial charge in [0.1, 0.15) is 0 Å². The minimum Gasteiger partial charge on any atom is -0.368 e. The molecule has 1 aliphatic heterocycles. The van der Waals surface area contributed by atoms with Crippen molar-refractivity contribution in [2.75, 3.05) is 6.61 Å². The highest BCUT2D eigenvalue weighted by Crippen LogP contribution is 2.40. The Bertz CT molecular complexity index is 326. The van der Waals surface area contributed by atoms with E-state index in [0.717, 1.165) is 25.9 Å². The van der Waals surface area contributed by atoms with Crippen LogP contribution in [-0.2, 0) is 9.57 Å². The number of hydrogen-bond acceptors (Lipinski definition) is 4. The first-order valence-corrected chi connectivity index (χ1v) is 9.99. The number of nitrogens with zero attached hydrogens (tertiary/aromatic N) is 1. The summed E-state index contributed by atoms with van der Waals surface area (Å²) >= 11 is 0. The number of unbranched alkanes of at least 4 members (excludes halogenated alkanes) is 5. The van der Waals surface area contributed by atoms with E-state index in [1.807, 2.05) is 6.92 Å². The van der Waals surface area contributed by atoms with Crippen LogP contribution in [0.4, 0.5) is 0 Å². The van der Waals surface area contributed by atoms with E-state index in [4.69, 9.17) is 9.57 Å². The van der Waals surface area contributed by atoms with Gasteiger partial charge in [0.15, 0.2) is 6.29 Å². The first-order valence-electron chi connectivity index (χ1n) is 9.99. The van der Waals surface area contributed by atoms with Gasteiger partial charge in [0, 0.05) is 11.1 Å². The maximum Gasteiger partial charge on any atom is 0.154 e. The van der Waals surface area contributed by atoms with Crippen LogP contribution in [0.2, 0.25) is 0 Å². The molecule has 0 bridgehead atoms. The molecule has 1 aliphatic rings. The second kappa shape index (κ2) is 10.1. The summed E-state index contributed by atoms with van der Waals surface area (Å²) in [6, 6.07) is 0. The molecule has 0 aromatic heterocycles. The van der Waals surface area contributed by atoms with Crippen molar-refractivity contribution >= 4 is 0 Å². The number of aliphatic hydroxyl groups is 1. The van der Waals surface area contributed by atoms with Crippen molar-refractivity contribution in [3.63, 3.8) is 0 Å². The second-order valence-electron chi connectivity index (χ2n) is 8.55. The van der Waals surface area contributed by atoms with Crippen LogP contribution in [0.25, 0.3) is 0 Å². The van der Waals surface area contributed by atoms with Gasteiger partial charge in [-0.05, 0) is 53.4 Å². The fourth-order valence-electron chi connectivity index (χ4n) is 3.97. The van der Waals surface area contributed by atoms with E-state index in [0.29, 0.717) is 6.42 Å². The molecule has 24 heavy (non-hydrogen) atoms. The normalized spacial score (nSPS) is 22.6. The van der Waals surface area contributed by atoms with Gasteiger partial charge in [-0.1, -0.05) is 46.0 Å². The molecule has 4 heteroatoms. The quantitative estimate of drug-likeness (QED) is 0.421. The maximum absolute atomic E-state index is 9.81. The Labute approximate surface area is 149 Å². The van der Waals surface area contributed by atoms with Gasteiger partial charge in [0.05, 0.1) is 12.7 Å². The fourth-order valence-corrected chi connectivity index (χ4v) is 3.97. The predicted octanol–water partition coefficient (Wildman–Crippen LogP) is 5.05. The van der Waals surface area contributed by atoms with Crippen LogP contribution in [0.15, 0.2) is 0 Å². The molecule has 0 spiro atoms. The largest absolute Gasteiger partial charge is 0.368 e. The Morgan fingerprint density at radius 1 is 0.958 bits per heavy atom. The molecule has 1 fully saturated rings. The van der Waals surface area contributed by atoms with Crippen LogP contribution in [0.5, 0.6) is 0 Å². The van der Waals surface area contributed by atoms with Gasteiger partial charge in [-0.15, -0.1) is 0 Å². The number of hydroxylamine groups is 2. The maximum atomic E-state index is 9.81. The van der Waals surface area contributed by atoms with E-state index in [-0.39, 0.29) is 17.2 Å². The minimum absolute atomic E-state index is 0.0823. The second-order valence-corrected chi connectivity index (χ2v) is 8.55. The molecule has 0 amide bonds. The molecular weight excluding hydrogens is 302 g/mol. The average Bonchev–Trinajstić information content (AvgIpc) is 2.47. The topological polar surface area (TPSA) is 41.9 Å². The molecule has 1 atom stereocenters. The molecule has 1 N–H and O–H groups in total. The van der Waals surface area contributed by atoms with E-state index in [2.05, 4.69) is 39.7 Å². The Kier molecular flexibility index (Phi) is 9.21. The molecule has 1 heterocycles. The van der Waals surface area contributed by atoms with E-state index < -0.39 is 6.29 Å². The molecule has 4 nitrogen and oxygen atoms in total. The highest BCUT2D eigenvalue weighted by Gasteiger charge is 2.47. The number of piperidine rings is 1. The molecule has 1 unspecified atom stereocenters. The van der Waals surface area contributed by atoms with Gasteiger partial charge >= 0.3 is 0 Å². The monoisotopic (exact) mass is 343 g/mol. The summed E-state index contributed by atoms with van der Waals surface area (Å²) in [6.45, 7) is 13.8. The van der Waals surface area contributed by atoms with Gasteiger partial charge in [0.25, 0.3) is 0 Å². The summed E-state index contributed by atoms with van der Waals surface area (Å²) in [5.74, 6) is 0. The van der Waals surface area contributed by atoms with Gasteiger partial charge in [-0.3, -0.25) is 4.84 Å². The third kappa shape index (κ3) is 6.99. The van der Waals surface area contributed by atoms with Gasteiger partial charge in [-0.25, -0.2) is 0 Å². The fraction of sp³-hybridized carbons (Fsp3) is 1.00. The summed E-state index contributed by atoms with van der Waals surface area (Å²) in [7, 11) is 0. The summed E-state index contributed by atoms with van der Waals surface area (Å²) in [6.07, 6.45) is 9.50. The van der Waals surface area contributed by atoms with Crippen LogP contribution in [-0.4, -0.2) is 40.2 Å². The first kappa shape index (κ1) is 21.9. The lowest BCUT2D eigenvalue weighted by Gasteiger charge is -2.53. The molecule has 0 aliphatic carbocycles. The van der Waals surface area contributed by atoms with Crippen LogP contribution in [0.3, 0.4) is 0 Å². The third-order valence-electron chi connectivity index (χ3n) is 4.97. The molecule has 0 saturated carbocycles. The first-order chi connectivity index (χ1) is 11.2. The van der Waals surface area contributed by atoms with Crippen molar-refractivity contribution in [2.45, 2.75) is 123 Å². The highest BCUT2D eigenvalue weighted by atomic mass is 16.7. The molecule has 1 saturated heterocycles. The zero-order chi connectivity index (χ0) is 18.2. The number of ether oxygens (including phenoxy) is 1. The van der Waals surface area contributed by atoms with E-state index >= 15 is 0 Å². The molecule has 0 radical (unpaired) electrons. The highest BCUT2D eigenvalue weighted by molar-refractivity contribution is 4.97. The number of aliphatic hydroxyl groups excluding tert-OH is 1. The Morgan fingerprint density at radius 2 is 1.50 bits per heavy atom. The zero-order valence-electron chi connectivity index (χ0n) is 16.9. The molecular formula is C20H41NO3.